The van der Waals surface area contributed by atoms with Gasteiger partial charge in [0.2, 0.25) is 0 Å². The second-order valence-electron chi connectivity index (χ2n) is 33.0. The molecule has 458 valence electrons. The van der Waals surface area contributed by atoms with Crippen LogP contribution in [0.4, 0.5) is 22.7 Å². The number of anilines is 4. The summed E-state index contributed by atoms with van der Waals surface area (Å²) >= 11 is 1.93. The standard InChI is InChI=1S/C88H87BN2S/c1-82(2,3)59-36-40-73(64(48-59)55-27-19-16-20-28-55)90-74-46-58(77(56-33-31-54(32-34-56)53-25-17-15-18-26-53)57-35-37-62-61-29-21-22-30-75(61)92-76(62)47-57)45-66-67-49-60(83(4,5)6)50-71-80(67)91(88(14)42-24-23-41-87(71,88)13)89(79(66)74)72-39-38-63-65-51-69-70(85(9,10)44-43-84(69,7)8)52-68(65)86(11,12)78(63)81(72)90/h15-22,25-40,45-52,77H,23-24,41-44H2,1-14H3. The van der Waals surface area contributed by atoms with Gasteiger partial charge in [0.05, 0.1) is 5.69 Å². The normalized spacial score (nSPS) is 20.5. The third-order valence-corrected chi connectivity index (χ3v) is 25.4. The first-order valence-corrected chi connectivity index (χ1v) is 35.3. The Hall–Kier alpha value is -7.92. The molecule has 4 heterocycles. The molecule has 4 heteroatoms. The molecule has 10 aromatic carbocycles. The molecule has 1 aromatic heterocycles. The van der Waals surface area contributed by atoms with E-state index < -0.39 is 0 Å². The van der Waals surface area contributed by atoms with Crippen molar-refractivity contribution < 1.29 is 0 Å². The van der Waals surface area contributed by atoms with Crippen molar-refractivity contribution in [3.05, 3.63) is 250 Å². The van der Waals surface area contributed by atoms with Crippen molar-refractivity contribution in [3.63, 3.8) is 0 Å². The quantitative estimate of drug-likeness (QED) is 0.121. The molecule has 0 amide bonds. The van der Waals surface area contributed by atoms with E-state index in [2.05, 4.69) is 301 Å². The molecule has 1 fully saturated rings. The maximum atomic E-state index is 3.08. The molecular formula is C88H87BN2S. The van der Waals surface area contributed by atoms with Crippen LogP contribution in [-0.4, -0.2) is 12.4 Å². The van der Waals surface area contributed by atoms with Crippen LogP contribution in [0.1, 0.15) is 197 Å². The average Bonchev–Trinajstić information content (AvgIpc) is 1.43. The summed E-state index contributed by atoms with van der Waals surface area (Å²) < 4.78 is 2.66. The molecule has 1 saturated carbocycles. The minimum absolute atomic E-state index is 0.0552. The molecule has 3 unspecified atom stereocenters. The molecule has 92 heavy (non-hydrogen) atoms. The lowest BCUT2D eigenvalue weighted by Crippen LogP contribution is -2.71. The van der Waals surface area contributed by atoms with E-state index in [1.165, 1.54) is 181 Å². The molecule has 3 aliphatic heterocycles. The van der Waals surface area contributed by atoms with Crippen LogP contribution in [0.15, 0.2) is 194 Å². The largest absolute Gasteiger partial charge is 0.400 e. The molecule has 11 aromatic rings. The van der Waals surface area contributed by atoms with Crippen molar-refractivity contribution in [1.29, 1.82) is 0 Å². The van der Waals surface area contributed by atoms with Crippen molar-refractivity contribution in [2.24, 2.45) is 0 Å². The number of hydrogen-bond acceptors (Lipinski definition) is 3. The molecule has 6 aliphatic rings. The monoisotopic (exact) mass is 1210 g/mol. The highest BCUT2D eigenvalue weighted by Gasteiger charge is 2.64. The highest BCUT2D eigenvalue weighted by molar-refractivity contribution is 7.25. The summed E-state index contributed by atoms with van der Waals surface area (Å²) in [6.07, 6.45) is 7.15. The van der Waals surface area contributed by atoms with Gasteiger partial charge in [-0.1, -0.05) is 255 Å². The zero-order valence-corrected chi connectivity index (χ0v) is 57.5. The van der Waals surface area contributed by atoms with Gasteiger partial charge >= 0.3 is 6.85 Å². The van der Waals surface area contributed by atoms with Crippen LogP contribution in [0.3, 0.4) is 0 Å². The second kappa shape index (κ2) is 19.6. The van der Waals surface area contributed by atoms with Crippen LogP contribution < -0.4 is 20.6 Å². The number of fused-ring (bicyclic) bond motifs is 15. The van der Waals surface area contributed by atoms with E-state index in [1.807, 2.05) is 11.3 Å². The van der Waals surface area contributed by atoms with E-state index in [0.717, 1.165) is 6.42 Å². The van der Waals surface area contributed by atoms with Crippen molar-refractivity contribution in [2.45, 2.75) is 179 Å². The third-order valence-electron chi connectivity index (χ3n) is 24.3. The summed E-state index contributed by atoms with van der Waals surface area (Å²) in [4.78, 5) is 5.94. The second-order valence-corrected chi connectivity index (χ2v) is 34.1. The summed E-state index contributed by atoms with van der Waals surface area (Å²) in [6.45, 7) is 34.9. The van der Waals surface area contributed by atoms with Crippen LogP contribution >= 0.6 is 11.3 Å². The van der Waals surface area contributed by atoms with Crippen LogP contribution in [0.25, 0.3) is 64.7 Å². The predicted molar refractivity (Wildman–Crippen MR) is 396 cm³/mol. The van der Waals surface area contributed by atoms with Crippen molar-refractivity contribution in [3.8, 4) is 44.5 Å². The Morgan fingerprint density at radius 2 is 1.05 bits per heavy atom. The Morgan fingerprint density at radius 1 is 0.424 bits per heavy atom. The Morgan fingerprint density at radius 3 is 1.77 bits per heavy atom. The van der Waals surface area contributed by atoms with Crippen LogP contribution in [0.2, 0.25) is 0 Å². The summed E-state index contributed by atoms with van der Waals surface area (Å²) in [5.41, 5.74) is 32.4. The number of hydrogen-bond donors (Lipinski definition) is 0. The molecular weight excluding hydrogens is 1130 g/mol. The lowest BCUT2D eigenvalue weighted by Gasteiger charge is -2.55. The first kappa shape index (κ1) is 57.9. The first-order valence-electron chi connectivity index (χ1n) is 34.5. The summed E-state index contributed by atoms with van der Waals surface area (Å²) in [5, 5.41) is 2.66. The van der Waals surface area contributed by atoms with Crippen molar-refractivity contribution in [1.82, 2.24) is 0 Å². The highest BCUT2D eigenvalue weighted by Crippen LogP contribution is 2.66. The van der Waals surface area contributed by atoms with Gasteiger partial charge in [0, 0.05) is 70.6 Å². The fourth-order valence-corrected chi connectivity index (χ4v) is 19.8. The minimum atomic E-state index is -0.354. The topological polar surface area (TPSA) is 6.48 Å². The third kappa shape index (κ3) is 8.17. The molecule has 17 rings (SSSR count). The zero-order chi connectivity index (χ0) is 63.6. The smallest absolute Gasteiger partial charge is 0.328 e. The van der Waals surface area contributed by atoms with Crippen molar-refractivity contribution in [2.75, 3.05) is 9.71 Å². The maximum Gasteiger partial charge on any atom is 0.328 e. The van der Waals surface area contributed by atoms with E-state index in [1.54, 1.807) is 5.56 Å². The fraction of sp³-hybridized carbons (Fsp3) is 0.318. The van der Waals surface area contributed by atoms with E-state index >= 15 is 0 Å². The summed E-state index contributed by atoms with van der Waals surface area (Å²) in [5.74, 6) is -0.107. The van der Waals surface area contributed by atoms with Gasteiger partial charge in [-0.15, -0.1) is 11.3 Å². The van der Waals surface area contributed by atoms with E-state index in [-0.39, 0.29) is 50.8 Å². The predicted octanol–water partition coefficient (Wildman–Crippen LogP) is 22.8. The van der Waals surface area contributed by atoms with Crippen molar-refractivity contribution >= 4 is 72.0 Å². The van der Waals surface area contributed by atoms with Gasteiger partial charge in [-0.2, -0.15) is 0 Å². The first-order chi connectivity index (χ1) is 43.9. The molecule has 0 radical (unpaired) electrons. The Labute approximate surface area is 551 Å². The molecule has 3 aliphatic carbocycles. The number of benzene rings is 10. The SMILES string of the molecule is CC(C)(C)c1ccc(N2c3cc(C(c4ccc(-c5ccccc5)cc4)c4ccc5c(c4)sc4ccccc45)cc4c3B(c3ccc5c(c32)C(C)(C)c2cc3c(cc2-5)C(C)(C)CCC3(C)C)N2c3c-4cc(C(C)(C)C)cc3C3(C)CCCCC23C)c(-c2ccccc2)c1. The Balaban J connectivity index is 1.03. The van der Waals surface area contributed by atoms with E-state index in [4.69, 9.17) is 0 Å². The van der Waals surface area contributed by atoms with E-state index in [0.29, 0.717) is 0 Å². The van der Waals surface area contributed by atoms with Crippen LogP contribution in [0.5, 0.6) is 0 Å². The van der Waals surface area contributed by atoms with Crippen LogP contribution in [0, 0.1) is 0 Å². The van der Waals surface area contributed by atoms with Gasteiger partial charge < -0.3 is 9.71 Å². The highest BCUT2D eigenvalue weighted by atomic mass is 32.1. The van der Waals surface area contributed by atoms with Gasteiger partial charge in [0.15, 0.2) is 0 Å². The number of nitrogens with zero attached hydrogens (tertiary/aromatic N) is 2. The van der Waals surface area contributed by atoms with Crippen LogP contribution in [-0.2, 0) is 32.5 Å². The Kier molecular flexibility index (Phi) is 12.3. The fourth-order valence-electron chi connectivity index (χ4n) is 18.7. The maximum absolute atomic E-state index is 3.08. The molecule has 0 N–H and O–H groups in total. The average molecular weight is 1220 g/mol. The van der Waals surface area contributed by atoms with Gasteiger partial charge in [0.25, 0.3) is 0 Å². The molecule has 0 saturated heterocycles. The summed E-state index contributed by atoms with van der Waals surface area (Å²) in [7, 11) is 0. The van der Waals surface area contributed by atoms with Gasteiger partial charge in [-0.3, -0.25) is 0 Å². The van der Waals surface area contributed by atoms with Gasteiger partial charge in [0.1, 0.15) is 0 Å². The number of thiophene rings is 1. The van der Waals surface area contributed by atoms with Gasteiger partial charge in [-0.25, -0.2) is 0 Å². The Bertz CT molecular complexity index is 4910. The van der Waals surface area contributed by atoms with Gasteiger partial charge in [-0.05, 0) is 197 Å². The zero-order valence-electron chi connectivity index (χ0n) is 56.7. The number of rotatable bonds is 6. The molecule has 0 spiro atoms. The lowest BCUT2D eigenvalue weighted by atomic mass is 9.41. The molecule has 0 bridgehead atoms. The molecule has 2 nitrogen and oxygen atoms in total. The summed E-state index contributed by atoms with van der Waals surface area (Å²) in [6, 6.07) is 77.4. The van der Waals surface area contributed by atoms with E-state index in [9.17, 15) is 0 Å². The minimum Gasteiger partial charge on any atom is -0.400 e. The lowest BCUT2D eigenvalue weighted by molar-refractivity contribution is 0.199. The molecule has 3 atom stereocenters.